The Kier molecular flexibility index (Phi) is 2.93. The quantitative estimate of drug-likeness (QED) is 0.723. The fourth-order valence-corrected chi connectivity index (χ4v) is 2.93. The summed E-state index contributed by atoms with van der Waals surface area (Å²) >= 11 is 4.22. The number of thioether (sulfide) groups is 1. The van der Waals surface area contributed by atoms with E-state index in [1.54, 1.807) is 0 Å². The van der Waals surface area contributed by atoms with Gasteiger partial charge < -0.3 is 0 Å². The number of hydrogen-bond donors (Lipinski definition) is 0. The number of rotatable bonds is 1. The van der Waals surface area contributed by atoms with Crippen molar-refractivity contribution in [1.29, 1.82) is 0 Å². The summed E-state index contributed by atoms with van der Waals surface area (Å²) in [7, 11) is 0. The summed E-state index contributed by atoms with van der Waals surface area (Å²) in [5.41, 5.74) is 1.40. The van der Waals surface area contributed by atoms with Crippen LogP contribution < -0.4 is 0 Å². The van der Waals surface area contributed by atoms with E-state index in [1.807, 2.05) is 11.8 Å². The molecule has 1 aliphatic rings. The zero-order valence-corrected chi connectivity index (χ0v) is 10.3. The van der Waals surface area contributed by atoms with Crippen molar-refractivity contribution >= 4 is 39.4 Å². The molecule has 0 fully saturated rings. The second kappa shape index (κ2) is 4.00. The van der Waals surface area contributed by atoms with Gasteiger partial charge in [-0.1, -0.05) is 12.1 Å². The standard InChI is InChI=1S/C10H10INS/c1-7-12-6-10(13-7)8-3-2-4-9(11)5-8/h2-5,10H,6H2,1H3. The first-order chi connectivity index (χ1) is 6.25. The molecule has 2 rings (SSSR count). The molecule has 0 bridgehead atoms. The van der Waals surface area contributed by atoms with Crippen LogP contribution in [0.25, 0.3) is 0 Å². The lowest BCUT2D eigenvalue weighted by Crippen LogP contribution is -1.93. The number of benzene rings is 1. The van der Waals surface area contributed by atoms with Gasteiger partial charge in [0.25, 0.3) is 0 Å². The topological polar surface area (TPSA) is 12.4 Å². The molecule has 13 heavy (non-hydrogen) atoms. The normalized spacial score (nSPS) is 21.7. The Balaban J connectivity index is 2.18. The maximum Gasteiger partial charge on any atom is 0.0652 e. The van der Waals surface area contributed by atoms with Gasteiger partial charge in [0.15, 0.2) is 0 Å². The molecule has 1 atom stereocenters. The molecule has 0 spiro atoms. The van der Waals surface area contributed by atoms with Crippen molar-refractivity contribution in [1.82, 2.24) is 0 Å². The zero-order chi connectivity index (χ0) is 9.26. The van der Waals surface area contributed by atoms with Gasteiger partial charge in [-0.15, -0.1) is 11.8 Å². The molecule has 0 radical (unpaired) electrons. The van der Waals surface area contributed by atoms with Crippen LogP contribution in [0.1, 0.15) is 17.7 Å². The molecule has 1 aromatic carbocycles. The fourth-order valence-electron chi connectivity index (χ4n) is 1.37. The second-order valence-electron chi connectivity index (χ2n) is 3.02. The van der Waals surface area contributed by atoms with E-state index in [1.165, 1.54) is 14.2 Å². The first-order valence-electron chi connectivity index (χ1n) is 4.19. The van der Waals surface area contributed by atoms with Crippen LogP contribution in [0, 0.1) is 3.57 Å². The molecule has 1 heterocycles. The van der Waals surface area contributed by atoms with E-state index < -0.39 is 0 Å². The first kappa shape index (κ1) is 9.52. The Labute approximate surface area is 96.2 Å². The van der Waals surface area contributed by atoms with Gasteiger partial charge in [0, 0.05) is 3.57 Å². The highest BCUT2D eigenvalue weighted by Gasteiger charge is 2.18. The maximum atomic E-state index is 4.40. The van der Waals surface area contributed by atoms with Crippen LogP contribution in [0.3, 0.4) is 0 Å². The van der Waals surface area contributed by atoms with Gasteiger partial charge in [-0.3, -0.25) is 4.99 Å². The predicted molar refractivity (Wildman–Crippen MR) is 67.5 cm³/mol. The molecule has 0 N–H and O–H groups in total. The monoisotopic (exact) mass is 303 g/mol. The molecule has 0 amide bonds. The lowest BCUT2D eigenvalue weighted by molar-refractivity contribution is 0.964. The summed E-state index contributed by atoms with van der Waals surface area (Å²) in [6.07, 6.45) is 0. The summed E-state index contributed by atoms with van der Waals surface area (Å²) in [6, 6.07) is 8.67. The second-order valence-corrected chi connectivity index (χ2v) is 5.66. The van der Waals surface area contributed by atoms with Crippen molar-refractivity contribution in [3.8, 4) is 0 Å². The van der Waals surface area contributed by atoms with Gasteiger partial charge >= 0.3 is 0 Å². The van der Waals surface area contributed by atoms with Crippen molar-refractivity contribution in [2.45, 2.75) is 12.2 Å². The van der Waals surface area contributed by atoms with Gasteiger partial charge in [0.05, 0.1) is 16.8 Å². The van der Waals surface area contributed by atoms with Crippen LogP contribution in [0.15, 0.2) is 29.3 Å². The van der Waals surface area contributed by atoms with E-state index in [0.29, 0.717) is 5.25 Å². The van der Waals surface area contributed by atoms with Crippen molar-refractivity contribution < 1.29 is 0 Å². The van der Waals surface area contributed by atoms with Gasteiger partial charge in [0.2, 0.25) is 0 Å². The number of nitrogens with zero attached hydrogens (tertiary/aromatic N) is 1. The number of halogens is 1. The Bertz CT molecular complexity index is 349. The van der Waals surface area contributed by atoms with Crippen LogP contribution in [0.2, 0.25) is 0 Å². The van der Waals surface area contributed by atoms with Crippen LogP contribution in [-0.4, -0.2) is 11.6 Å². The number of hydrogen-bond acceptors (Lipinski definition) is 2. The molecule has 1 aliphatic heterocycles. The molecular weight excluding hydrogens is 293 g/mol. The van der Waals surface area contributed by atoms with E-state index in [2.05, 4.69) is 58.8 Å². The minimum Gasteiger partial charge on any atom is -0.282 e. The molecule has 0 aliphatic carbocycles. The summed E-state index contributed by atoms with van der Waals surface area (Å²) in [4.78, 5) is 4.40. The van der Waals surface area contributed by atoms with E-state index in [0.717, 1.165) is 6.54 Å². The summed E-state index contributed by atoms with van der Waals surface area (Å²) in [6.45, 7) is 3.02. The van der Waals surface area contributed by atoms with Gasteiger partial charge in [-0.05, 0) is 47.2 Å². The van der Waals surface area contributed by atoms with Crippen molar-refractivity contribution in [3.63, 3.8) is 0 Å². The van der Waals surface area contributed by atoms with E-state index in [-0.39, 0.29) is 0 Å². The third-order valence-electron chi connectivity index (χ3n) is 2.01. The van der Waals surface area contributed by atoms with E-state index >= 15 is 0 Å². The van der Waals surface area contributed by atoms with Crippen molar-refractivity contribution in [3.05, 3.63) is 33.4 Å². The molecule has 0 aromatic heterocycles. The highest BCUT2D eigenvalue weighted by atomic mass is 127. The smallest absolute Gasteiger partial charge is 0.0652 e. The Morgan fingerprint density at radius 2 is 2.38 bits per heavy atom. The summed E-state index contributed by atoms with van der Waals surface area (Å²) in [5, 5.41) is 1.76. The van der Waals surface area contributed by atoms with Crippen LogP contribution in [0.5, 0.6) is 0 Å². The molecular formula is C10H10INS. The Morgan fingerprint density at radius 1 is 1.54 bits per heavy atom. The Hall–Kier alpha value is -0.0300. The third kappa shape index (κ3) is 2.26. The van der Waals surface area contributed by atoms with Gasteiger partial charge in [-0.2, -0.15) is 0 Å². The van der Waals surface area contributed by atoms with Crippen LogP contribution in [0.4, 0.5) is 0 Å². The third-order valence-corrected chi connectivity index (χ3v) is 3.86. The van der Waals surface area contributed by atoms with Crippen molar-refractivity contribution in [2.24, 2.45) is 4.99 Å². The lowest BCUT2D eigenvalue weighted by Gasteiger charge is -2.07. The maximum absolute atomic E-state index is 4.40. The molecule has 1 nitrogen and oxygen atoms in total. The largest absolute Gasteiger partial charge is 0.282 e. The fraction of sp³-hybridized carbons (Fsp3) is 0.300. The Morgan fingerprint density at radius 3 is 3.00 bits per heavy atom. The van der Waals surface area contributed by atoms with Gasteiger partial charge in [-0.25, -0.2) is 0 Å². The first-order valence-corrected chi connectivity index (χ1v) is 6.15. The molecule has 3 heteroatoms. The van der Waals surface area contributed by atoms with E-state index in [9.17, 15) is 0 Å². The lowest BCUT2D eigenvalue weighted by atomic mass is 10.1. The molecule has 1 unspecified atom stereocenters. The van der Waals surface area contributed by atoms with E-state index in [4.69, 9.17) is 0 Å². The summed E-state index contributed by atoms with van der Waals surface area (Å²) in [5.74, 6) is 0. The van der Waals surface area contributed by atoms with Crippen molar-refractivity contribution in [2.75, 3.05) is 6.54 Å². The minimum atomic E-state index is 0.551. The molecule has 0 saturated heterocycles. The zero-order valence-electron chi connectivity index (χ0n) is 7.33. The average Bonchev–Trinajstić information content (AvgIpc) is 2.52. The predicted octanol–water partition coefficient (Wildman–Crippen LogP) is 3.50. The SMILES string of the molecule is CC1=NCC(c2cccc(I)c2)S1. The van der Waals surface area contributed by atoms with Crippen LogP contribution >= 0.6 is 34.4 Å². The average molecular weight is 303 g/mol. The number of aliphatic imine (C=N–C) groups is 1. The van der Waals surface area contributed by atoms with Crippen LogP contribution in [-0.2, 0) is 0 Å². The molecule has 1 aromatic rings. The molecule has 68 valence electrons. The summed E-state index contributed by atoms with van der Waals surface area (Å²) < 4.78 is 1.31. The highest BCUT2D eigenvalue weighted by Crippen LogP contribution is 2.35. The minimum absolute atomic E-state index is 0.551. The molecule has 0 saturated carbocycles. The van der Waals surface area contributed by atoms with Gasteiger partial charge in [0.1, 0.15) is 0 Å². The highest BCUT2D eigenvalue weighted by molar-refractivity contribution is 14.1.